The molecule has 0 aliphatic carbocycles. The van der Waals surface area contributed by atoms with Crippen LogP contribution in [0, 0.1) is 0 Å². The zero-order valence-corrected chi connectivity index (χ0v) is 17.7. The molecule has 0 spiro atoms. The molecule has 2 aromatic heterocycles. The van der Waals surface area contributed by atoms with Gasteiger partial charge in [0.1, 0.15) is 10.8 Å². The maximum Gasteiger partial charge on any atom is 0.344 e. The Bertz CT molecular complexity index is 1170. The third-order valence-corrected chi connectivity index (χ3v) is 6.38. The molecule has 152 valence electrons. The number of rotatable bonds is 7. The molecule has 1 amide bonds. The summed E-state index contributed by atoms with van der Waals surface area (Å²) in [5.74, 6) is -0.176. The lowest BCUT2D eigenvalue weighted by Crippen LogP contribution is -2.15. The summed E-state index contributed by atoms with van der Waals surface area (Å²) >= 11 is 3.00. The third kappa shape index (κ3) is 4.67. The van der Waals surface area contributed by atoms with Gasteiger partial charge < -0.3 is 14.8 Å². The van der Waals surface area contributed by atoms with Gasteiger partial charge in [-0.05, 0) is 43.3 Å². The highest BCUT2D eigenvalue weighted by Crippen LogP contribution is 2.34. The second-order valence-corrected chi connectivity index (χ2v) is 8.34. The Morgan fingerprint density at radius 2 is 1.90 bits per heavy atom. The molecule has 0 aliphatic heterocycles. The van der Waals surface area contributed by atoms with Crippen LogP contribution in [0.15, 0.2) is 60.7 Å². The van der Waals surface area contributed by atoms with Crippen LogP contribution >= 0.6 is 22.7 Å². The average Bonchev–Trinajstić information content (AvgIpc) is 3.40. The lowest BCUT2D eigenvalue weighted by molar-refractivity contribution is -0.145. The smallest absolute Gasteiger partial charge is 0.344 e. The highest BCUT2D eigenvalue weighted by atomic mass is 32.1. The minimum Gasteiger partial charge on any atom is -0.482 e. The van der Waals surface area contributed by atoms with E-state index in [1.807, 2.05) is 30.3 Å². The van der Waals surface area contributed by atoms with Gasteiger partial charge in [0.15, 0.2) is 6.61 Å². The number of amides is 1. The van der Waals surface area contributed by atoms with E-state index in [1.54, 1.807) is 48.6 Å². The molecule has 0 atom stereocenters. The van der Waals surface area contributed by atoms with Crippen molar-refractivity contribution in [3.63, 3.8) is 0 Å². The molecule has 0 unspecified atom stereocenters. The number of carbonyl (C=O) groups is 2. The molecule has 6 nitrogen and oxygen atoms in total. The van der Waals surface area contributed by atoms with Gasteiger partial charge in [0, 0.05) is 11.8 Å². The van der Waals surface area contributed by atoms with Gasteiger partial charge in [-0.2, -0.15) is 0 Å². The Kier molecular flexibility index (Phi) is 6.06. The monoisotopic (exact) mass is 438 g/mol. The highest BCUT2D eigenvalue weighted by molar-refractivity contribution is 7.26. The molecule has 0 saturated heterocycles. The van der Waals surface area contributed by atoms with Gasteiger partial charge in [0.05, 0.1) is 26.6 Å². The second kappa shape index (κ2) is 9.06. The molecule has 4 rings (SSSR count). The van der Waals surface area contributed by atoms with Gasteiger partial charge >= 0.3 is 5.97 Å². The first-order valence-corrected chi connectivity index (χ1v) is 10.9. The number of fused-ring (bicyclic) bond motifs is 1. The number of thiazole rings is 1. The van der Waals surface area contributed by atoms with Crippen molar-refractivity contribution in [3.8, 4) is 15.6 Å². The van der Waals surface area contributed by atoms with Crippen LogP contribution < -0.4 is 10.1 Å². The summed E-state index contributed by atoms with van der Waals surface area (Å²) in [6.07, 6.45) is 0. The summed E-state index contributed by atoms with van der Waals surface area (Å²) in [5, 5.41) is 3.76. The molecular weight excluding hydrogens is 420 g/mol. The molecule has 0 aliphatic rings. The molecule has 4 aromatic rings. The van der Waals surface area contributed by atoms with Crippen LogP contribution in [0.1, 0.15) is 16.6 Å². The Balaban J connectivity index is 1.43. The maximum atomic E-state index is 12.7. The van der Waals surface area contributed by atoms with Crippen molar-refractivity contribution in [2.45, 2.75) is 6.92 Å². The van der Waals surface area contributed by atoms with Gasteiger partial charge in [-0.15, -0.1) is 22.7 Å². The standard InChI is InChI=1S/C22H18N2O4S2/c1-2-27-20(25)13-28-15-7-5-6-14(12-15)23-21(26)18-10-11-19(29-18)22-24-16-8-3-4-9-17(16)30-22/h3-12H,2,13H2,1H3,(H,23,26). The fraction of sp³-hybridized carbons (Fsp3) is 0.136. The number of anilines is 1. The summed E-state index contributed by atoms with van der Waals surface area (Å²) in [4.78, 5) is 30.3. The number of nitrogens with zero attached hydrogens (tertiary/aromatic N) is 1. The summed E-state index contributed by atoms with van der Waals surface area (Å²) in [6, 6.07) is 18.6. The van der Waals surface area contributed by atoms with Crippen molar-refractivity contribution in [2.24, 2.45) is 0 Å². The van der Waals surface area contributed by atoms with Gasteiger partial charge in [0.2, 0.25) is 0 Å². The SMILES string of the molecule is CCOC(=O)COc1cccc(NC(=O)c2ccc(-c3nc4ccccc4s3)s2)c1. The Morgan fingerprint density at radius 1 is 1.03 bits per heavy atom. The number of carbonyl (C=O) groups excluding carboxylic acids is 2. The normalized spacial score (nSPS) is 10.7. The van der Waals surface area contributed by atoms with E-state index in [0.717, 1.165) is 20.1 Å². The molecule has 0 radical (unpaired) electrons. The van der Waals surface area contributed by atoms with Crippen molar-refractivity contribution in [1.29, 1.82) is 0 Å². The van der Waals surface area contributed by atoms with Crippen LogP contribution in [0.4, 0.5) is 5.69 Å². The number of thiophene rings is 1. The van der Waals surface area contributed by atoms with Gasteiger partial charge in [-0.1, -0.05) is 18.2 Å². The van der Waals surface area contributed by atoms with Crippen LogP contribution in [0.2, 0.25) is 0 Å². The molecule has 1 N–H and O–H groups in total. The molecule has 0 saturated carbocycles. The molecule has 2 aromatic carbocycles. The number of hydrogen-bond acceptors (Lipinski definition) is 7. The summed E-state index contributed by atoms with van der Waals surface area (Å²) in [6.45, 7) is 1.86. The largest absolute Gasteiger partial charge is 0.482 e. The molecule has 8 heteroatoms. The van der Waals surface area contributed by atoms with E-state index in [-0.39, 0.29) is 12.5 Å². The molecule has 0 fully saturated rings. The number of aromatic nitrogens is 1. The van der Waals surface area contributed by atoms with Crippen LogP contribution in [-0.4, -0.2) is 30.1 Å². The van der Waals surface area contributed by atoms with E-state index in [2.05, 4.69) is 10.3 Å². The van der Waals surface area contributed by atoms with E-state index < -0.39 is 5.97 Å². The molecule has 2 heterocycles. The van der Waals surface area contributed by atoms with Crippen LogP contribution in [-0.2, 0) is 9.53 Å². The quantitative estimate of drug-likeness (QED) is 0.400. The average molecular weight is 439 g/mol. The topological polar surface area (TPSA) is 77.5 Å². The predicted molar refractivity (Wildman–Crippen MR) is 119 cm³/mol. The van der Waals surface area contributed by atoms with Crippen molar-refractivity contribution in [1.82, 2.24) is 4.98 Å². The fourth-order valence-electron chi connectivity index (χ4n) is 2.75. The Hall–Kier alpha value is -3.23. The Morgan fingerprint density at radius 3 is 2.73 bits per heavy atom. The van der Waals surface area contributed by atoms with Crippen molar-refractivity contribution >= 4 is 50.5 Å². The van der Waals surface area contributed by atoms with Crippen LogP contribution in [0.25, 0.3) is 20.1 Å². The zero-order valence-electron chi connectivity index (χ0n) is 16.1. The van der Waals surface area contributed by atoms with Crippen LogP contribution in [0.5, 0.6) is 5.75 Å². The molecular formula is C22H18N2O4S2. The van der Waals surface area contributed by atoms with E-state index in [0.29, 0.717) is 22.9 Å². The van der Waals surface area contributed by atoms with Gasteiger partial charge in [0.25, 0.3) is 5.91 Å². The van der Waals surface area contributed by atoms with E-state index in [1.165, 1.54) is 11.3 Å². The van der Waals surface area contributed by atoms with Crippen LogP contribution in [0.3, 0.4) is 0 Å². The van der Waals surface area contributed by atoms with E-state index in [9.17, 15) is 9.59 Å². The minimum atomic E-state index is -0.437. The first kappa shape index (κ1) is 20.1. The van der Waals surface area contributed by atoms with Crippen molar-refractivity contribution in [2.75, 3.05) is 18.5 Å². The lowest BCUT2D eigenvalue weighted by Gasteiger charge is -2.08. The van der Waals surface area contributed by atoms with Crippen molar-refractivity contribution < 1.29 is 19.1 Å². The highest BCUT2D eigenvalue weighted by Gasteiger charge is 2.14. The number of hydrogen-bond donors (Lipinski definition) is 1. The summed E-state index contributed by atoms with van der Waals surface area (Å²) < 4.78 is 11.4. The maximum absolute atomic E-state index is 12.7. The zero-order chi connectivity index (χ0) is 20.9. The van der Waals surface area contributed by atoms with E-state index >= 15 is 0 Å². The number of benzene rings is 2. The fourth-order valence-corrected chi connectivity index (χ4v) is 4.68. The summed E-state index contributed by atoms with van der Waals surface area (Å²) in [5.41, 5.74) is 1.54. The number of para-hydroxylation sites is 1. The predicted octanol–water partition coefficient (Wildman–Crippen LogP) is 5.22. The number of ether oxygens (including phenoxy) is 2. The summed E-state index contributed by atoms with van der Waals surface area (Å²) in [7, 11) is 0. The molecule has 30 heavy (non-hydrogen) atoms. The lowest BCUT2D eigenvalue weighted by atomic mass is 10.3. The number of nitrogens with one attached hydrogen (secondary N) is 1. The van der Waals surface area contributed by atoms with Crippen molar-refractivity contribution in [3.05, 3.63) is 65.5 Å². The first-order valence-electron chi connectivity index (χ1n) is 9.28. The minimum absolute atomic E-state index is 0.179. The number of esters is 1. The molecule has 0 bridgehead atoms. The van der Waals surface area contributed by atoms with Gasteiger partial charge in [-0.25, -0.2) is 9.78 Å². The Labute approximate surface area is 181 Å². The third-order valence-electron chi connectivity index (χ3n) is 4.09. The second-order valence-electron chi connectivity index (χ2n) is 6.23. The van der Waals surface area contributed by atoms with Gasteiger partial charge in [-0.3, -0.25) is 4.79 Å². The first-order chi connectivity index (χ1) is 14.6. The van der Waals surface area contributed by atoms with E-state index in [4.69, 9.17) is 9.47 Å².